The van der Waals surface area contributed by atoms with Gasteiger partial charge >= 0.3 is 0 Å². The molecule has 1 N–H and O–H groups in total. The number of likely N-dealkylation sites (N-methyl/N-ethyl adjacent to an activating group) is 2. The summed E-state index contributed by atoms with van der Waals surface area (Å²) in [6.45, 7) is 9.27. The fraction of sp³-hybridized carbons (Fsp3) is 0.308. The maximum atomic E-state index is 13.0. The van der Waals surface area contributed by atoms with Gasteiger partial charge in [-0.3, -0.25) is 9.48 Å². The number of aromatic nitrogens is 6. The van der Waals surface area contributed by atoms with Gasteiger partial charge in [0.1, 0.15) is 23.4 Å². The first kappa shape index (κ1) is 25.7. The van der Waals surface area contributed by atoms with Gasteiger partial charge in [-0.2, -0.15) is 10.1 Å². The van der Waals surface area contributed by atoms with E-state index < -0.39 is 0 Å². The lowest BCUT2D eigenvalue weighted by Crippen LogP contribution is -2.29. The zero-order valence-electron chi connectivity index (χ0n) is 22.0. The summed E-state index contributed by atoms with van der Waals surface area (Å²) in [5, 5.41) is 7.25. The number of allylic oxidation sites excluding steroid dienone is 1. The largest absolute Gasteiger partial charge is 0.437 e. The average Bonchev–Trinajstić information content (AvgIpc) is 3.24. The number of benzene rings is 1. The number of carbonyl (C=O) groups is 1. The van der Waals surface area contributed by atoms with E-state index in [1.54, 1.807) is 36.1 Å². The van der Waals surface area contributed by atoms with Crippen molar-refractivity contribution >= 4 is 34.3 Å². The molecule has 0 aliphatic rings. The monoisotopic (exact) mass is 501 g/mol. The maximum Gasteiger partial charge on any atom is 0.256 e. The molecular weight excluding hydrogens is 470 g/mol. The Morgan fingerprint density at radius 1 is 1.14 bits per heavy atom. The van der Waals surface area contributed by atoms with Crippen molar-refractivity contribution in [3.05, 3.63) is 60.2 Å². The number of carbonyl (C=O) groups excluding carboxylic acids is 1. The minimum atomic E-state index is -0.291. The molecule has 37 heavy (non-hydrogen) atoms. The summed E-state index contributed by atoms with van der Waals surface area (Å²) in [5.41, 5.74) is 3.85. The van der Waals surface area contributed by atoms with Crippen LogP contribution in [0.3, 0.4) is 0 Å². The first-order chi connectivity index (χ1) is 17.6. The Bertz CT molecular complexity index is 1460. The smallest absolute Gasteiger partial charge is 0.256 e. The normalized spacial score (nSPS) is 11.1. The standard InChI is InChI=1S/C26H31N9O2/c1-16(2)19-13-22(35(7)32-19)30-24(36)18-9-8-17(3)21(12-18)37-25-23-20(28-15-29-25)14-27-26(31-23)34(6)11-10-33(4)5/h8-9,12-15H,1,10-11H2,2-7H3,(H,30,36). The van der Waals surface area contributed by atoms with E-state index in [1.165, 1.54) is 6.33 Å². The summed E-state index contributed by atoms with van der Waals surface area (Å²) >= 11 is 0. The lowest BCUT2D eigenvalue weighted by molar-refractivity contribution is 0.102. The predicted molar refractivity (Wildman–Crippen MR) is 144 cm³/mol. The van der Waals surface area contributed by atoms with Gasteiger partial charge in [0.2, 0.25) is 11.8 Å². The Kier molecular flexibility index (Phi) is 7.44. The number of rotatable bonds is 9. The molecule has 0 aliphatic heterocycles. The van der Waals surface area contributed by atoms with Crippen LogP contribution in [0.1, 0.15) is 28.5 Å². The molecule has 0 radical (unpaired) electrons. The number of amides is 1. The van der Waals surface area contributed by atoms with Crippen LogP contribution in [-0.2, 0) is 7.05 Å². The third kappa shape index (κ3) is 5.89. The second-order valence-corrected chi connectivity index (χ2v) is 9.16. The molecule has 0 bridgehead atoms. The molecule has 3 aromatic heterocycles. The molecule has 0 saturated carbocycles. The van der Waals surface area contributed by atoms with Gasteiger partial charge < -0.3 is 19.9 Å². The lowest BCUT2D eigenvalue weighted by Gasteiger charge is -2.19. The summed E-state index contributed by atoms with van der Waals surface area (Å²) in [7, 11) is 7.73. The number of nitrogens with one attached hydrogen (secondary N) is 1. The number of aryl methyl sites for hydroxylation is 2. The topological polar surface area (TPSA) is 114 Å². The number of nitrogens with zero attached hydrogens (tertiary/aromatic N) is 8. The predicted octanol–water partition coefficient (Wildman–Crippen LogP) is 3.54. The van der Waals surface area contributed by atoms with Gasteiger partial charge in [0, 0.05) is 38.8 Å². The fourth-order valence-corrected chi connectivity index (χ4v) is 3.47. The summed E-state index contributed by atoms with van der Waals surface area (Å²) < 4.78 is 7.78. The average molecular weight is 502 g/mol. The van der Waals surface area contributed by atoms with E-state index in [0.29, 0.717) is 34.1 Å². The third-order valence-electron chi connectivity index (χ3n) is 5.77. The molecule has 0 fully saturated rings. The highest BCUT2D eigenvalue weighted by atomic mass is 16.5. The number of anilines is 2. The van der Waals surface area contributed by atoms with Crippen LogP contribution in [0, 0.1) is 6.92 Å². The van der Waals surface area contributed by atoms with Crippen LogP contribution in [0.2, 0.25) is 0 Å². The van der Waals surface area contributed by atoms with Gasteiger partial charge in [-0.15, -0.1) is 0 Å². The zero-order valence-corrected chi connectivity index (χ0v) is 22.0. The van der Waals surface area contributed by atoms with E-state index in [0.717, 1.165) is 29.9 Å². The SMILES string of the molecule is C=C(C)c1cc(NC(=O)c2ccc(C)c(Oc3ncnc4cnc(N(C)CCN(C)C)nc34)c2)n(C)n1. The molecule has 192 valence electrons. The Balaban J connectivity index is 1.60. The molecule has 4 rings (SSSR count). The summed E-state index contributed by atoms with van der Waals surface area (Å²) in [6, 6.07) is 7.03. The Labute approximate surface area is 215 Å². The van der Waals surface area contributed by atoms with Crippen molar-refractivity contribution in [2.45, 2.75) is 13.8 Å². The van der Waals surface area contributed by atoms with Gasteiger partial charge in [-0.1, -0.05) is 12.6 Å². The summed E-state index contributed by atoms with van der Waals surface area (Å²) in [4.78, 5) is 34.8. The number of hydrogen-bond acceptors (Lipinski definition) is 9. The minimum Gasteiger partial charge on any atom is -0.437 e. The van der Waals surface area contributed by atoms with Crippen molar-refractivity contribution in [1.29, 1.82) is 0 Å². The Morgan fingerprint density at radius 2 is 1.92 bits per heavy atom. The van der Waals surface area contributed by atoms with Crippen molar-refractivity contribution < 1.29 is 9.53 Å². The lowest BCUT2D eigenvalue weighted by atomic mass is 10.1. The van der Waals surface area contributed by atoms with Gasteiger partial charge in [0.25, 0.3) is 5.91 Å². The van der Waals surface area contributed by atoms with E-state index in [4.69, 9.17) is 4.74 Å². The molecule has 11 nitrogen and oxygen atoms in total. The van der Waals surface area contributed by atoms with Crippen molar-refractivity contribution in [3.63, 3.8) is 0 Å². The van der Waals surface area contributed by atoms with Crippen LogP contribution >= 0.6 is 0 Å². The third-order valence-corrected chi connectivity index (χ3v) is 5.77. The summed E-state index contributed by atoms with van der Waals surface area (Å²) in [5.74, 6) is 1.59. The molecule has 3 heterocycles. The van der Waals surface area contributed by atoms with Crippen LogP contribution in [0.4, 0.5) is 11.8 Å². The van der Waals surface area contributed by atoms with E-state index in [-0.39, 0.29) is 11.8 Å². The fourth-order valence-electron chi connectivity index (χ4n) is 3.47. The van der Waals surface area contributed by atoms with Crippen LogP contribution in [0.15, 0.2) is 43.4 Å². The molecule has 1 aromatic carbocycles. The van der Waals surface area contributed by atoms with Gasteiger partial charge in [0.15, 0.2) is 5.52 Å². The molecule has 11 heteroatoms. The van der Waals surface area contributed by atoms with E-state index in [2.05, 4.69) is 41.8 Å². The Hall–Kier alpha value is -4.38. The number of hydrogen-bond donors (Lipinski definition) is 1. The van der Waals surface area contributed by atoms with Gasteiger partial charge in [0.05, 0.1) is 11.9 Å². The van der Waals surface area contributed by atoms with Gasteiger partial charge in [-0.05, 0) is 51.2 Å². The van der Waals surface area contributed by atoms with Crippen molar-refractivity contribution in [2.75, 3.05) is 44.4 Å². The summed E-state index contributed by atoms with van der Waals surface area (Å²) in [6.07, 6.45) is 3.06. The molecule has 0 saturated heterocycles. The minimum absolute atomic E-state index is 0.285. The van der Waals surface area contributed by atoms with Crippen LogP contribution in [0.25, 0.3) is 16.6 Å². The highest BCUT2D eigenvalue weighted by Crippen LogP contribution is 2.29. The zero-order chi connectivity index (χ0) is 26.7. The second kappa shape index (κ2) is 10.7. The van der Waals surface area contributed by atoms with Crippen LogP contribution in [-0.4, -0.2) is 74.8 Å². The molecule has 1 amide bonds. The van der Waals surface area contributed by atoms with Crippen molar-refractivity contribution in [2.24, 2.45) is 7.05 Å². The second-order valence-electron chi connectivity index (χ2n) is 9.16. The highest BCUT2D eigenvalue weighted by molar-refractivity contribution is 6.04. The van der Waals surface area contributed by atoms with Crippen molar-refractivity contribution in [3.8, 4) is 11.6 Å². The highest BCUT2D eigenvalue weighted by Gasteiger charge is 2.16. The number of fused-ring (bicyclic) bond motifs is 1. The molecular formula is C26H31N9O2. The maximum absolute atomic E-state index is 13.0. The molecule has 0 atom stereocenters. The van der Waals surface area contributed by atoms with E-state index >= 15 is 0 Å². The molecule has 4 aromatic rings. The van der Waals surface area contributed by atoms with E-state index in [1.807, 2.05) is 46.0 Å². The van der Waals surface area contributed by atoms with E-state index in [9.17, 15) is 4.79 Å². The first-order valence-corrected chi connectivity index (χ1v) is 11.8. The molecule has 0 unspecified atom stereocenters. The molecule has 0 aliphatic carbocycles. The van der Waals surface area contributed by atoms with Crippen LogP contribution < -0.4 is 15.0 Å². The number of ether oxygens (including phenoxy) is 1. The quantitative estimate of drug-likeness (QED) is 0.368. The van der Waals surface area contributed by atoms with Gasteiger partial charge in [-0.25, -0.2) is 15.0 Å². The van der Waals surface area contributed by atoms with Crippen molar-refractivity contribution in [1.82, 2.24) is 34.6 Å². The molecule has 0 spiro atoms. The first-order valence-electron chi connectivity index (χ1n) is 11.8. The Morgan fingerprint density at radius 3 is 2.62 bits per heavy atom. The van der Waals surface area contributed by atoms with Crippen LogP contribution in [0.5, 0.6) is 11.6 Å².